The van der Waals surface area contributed by atoms with Gasteiger partial charge in [0.25, 0.3) is 0 Å². The Hall–Kier alpha value is -2.49. The Morgan fingerprint density at radius 3 is 2.69 bits per heavy atom. The van der Waals surface area contributed by atoms with Crippen LogP contribution in [0.4, 0.5) is 13.2 Å². The molecule has 0 saturated carbocycles. The third kappa shape index (κ3) is 3.48. The average Bonchev–Trinajstić information content (AvgIpc) is 3.41. The lowest BCUT2D eigenvalue weighted by atomic mass is 9.70. The molecule has 170 valence electrons. The first-order valence-electron chi connectivity index (χ1n) is 10.8. The van der Waals surface area contributed by atoms with E-state index in [9.17, 15) is 13.2 Å². The summed E-state index contributed by atoms with van der Waals surface area (Å²) in [5.41, 5.74) is 1.84. The van der Waals surface area contributed by atoms with Crippen LogP contribution in [0.2, 0.25) is 0 Å². The SMILES string of the molecule is CCC(C)(C)[C@H]1CCc2c(sc3ncn4nc(Cn5nc(C(F)(F)F)cc5C)nc4c23)C1. The van der Waals surface area contributed by atoms with E-state index in [0.717, 1.165) is 47.6 Å². The van der Waals surface area contributed by atoms with Crippen molar-refractivity contribution >= 4 is 27.2 Å². The molecule has 0 aliphatic heterocycles. The van der Waals surface area contributed by atoms with Crippen LogP contribution in [-0.4, -0.2) is 29.4 Å². The highest BCUT2D eigenvalue weighted by atomic mass is 32.1. The zero-order valence-electron chi connectivity index (χ0n) is 18.5. The number of halogens is 3. The third-order valence-corrected chi connectivity index (χ3v) is 8.17. The summed E-state index contributed by atoms with van der Waals surface area (Å²) in [7, 11) is 0. The third-order valence-electron chi connectivity index (χ3n) is 7.01. The van der Waals surface area contributed by atoms with Crippen molar-refractivity contribution in [1.82, 2.24) is 29.4 Å². The van der Waals surface area contributed by atoms with Crippen molar-refractivity contribution < 1.29 is 13.2 Å². The first kappa shape index (κ1) is 21.4. The molecule has 1 aliphatic carbocycles. The molecule has 4 aromatic heterocycles. The Kier molecular flexibility index (Phi) is 4.85. The van der Waals surface area contributed by atoms with Crippen LogP contribution >= 0.6 is 11.3 Å². The van der Waals surface area contributed by atoms with Gasteiger partial charge in [-0.15, -0.1) is 16.4 Å². The van der Waals surface area contributed by atoms with E-state index in [2.05, 4.69) is 40.9 Å². The molecule has 5 rings (SSSR count). The number of hydrogen-bond acceptors (Lipinski definition) is 5. The van der Waals surface area contributed by atoms with Crippen molar-refractivity contribution in [3.8, 4) is 0 Å². The van der Waals surface area contributed by atoms with Gasteiger partial charge in [-0.2, -0.15) is 18.3 Å². The maximum Gasteiger partial charge on any atom is 0.435 e. The van der Waals surface area contributed by atoms with Gasteiger partial charge < -0.3 is 0 Å². The summed E-state index contributed by atoms with van der Waals surface area (Å²) in [6.45, 7) is 8.62. The van der Waals surface area contributed by atoms with Gasteiger partial charge in [-0.3, -0.25) is 4.68 Å². The Labute approximate surface area is 187 Å². The molecule has 32 heavy (non-hydrogen) atoms. The van der Waals surface area contributed by atoms with Crippen LogP contribution in [0, 0.1) is 18.3 Å². The van der Waals surface area contributed by atoms with E-state index in [4.69, 9.17) is 0 Å². The van der Waals surface area contributed by atoms with Gasteiger partial charge in [-0.1, -0.05) is 27.2 Å². The zero-order valence-corrected chi connectivity index (χ0v) is 19.3. The largest absolute Gasteiger partial charge is 0.435 e. The number of rotatable bonds is 4. The molecule has 1 aliphatic rings. The molecule has 4 heterocycles. The summed E-state index contributed by atoms with van der Waals surface area (Å²) in [6, 6.07) is 1.04. The summed E-state index contributed by atoms with van der Waals surface area (Å²) in [6.07, 6.45) is 1.49. The second kappa shape index (κ2) is 7.26. The minimum Gasteiger partial charge on any atom is -0.262 e. The number of aromatic nitrogens is 6. The summed E-state index contributed by atoms with van der Waals surface area (Å²) in [5.74, 6) is 1.06. The molecular weight excluding hydrogens is 437 g/mol. The van der Waals surface area contributed by atoms with Crippen molar-refractivity contribution in [2.45, 2.75) is 66.1 Å². The van der Waals surface area contributed by atoms with Crippen LogP contribution < -0.4 is 0 Å². The molecule has 1 atom stereocenters. The first-order valence-corrected chi connectivity index (χ1v) is 11.6. The summed E-state index contributed by atoms with van der Waals surface area (Å²) in [5, 5.41) is 9.20. The van der Waals surface area contributed by atoms with Crippen LogP contribution in [0.5, 0.6) is 0 Å². The zero-order chi connectivity index (χ0) is 22.8. The normalized spacial score (nSPS) is 17.4. The van der Waals surface area contributed by atoms with Crippen LogP contribution in [-0.2, 0) is 25.6 Å². The van der Waals surface area contributed by atoms with Crippen molar-refractivity contribution in [2.75, 3.05) is 0 Å². The summed E-state index contributed by atoms with van der Waals surface area (Å²) in [4.78, 5) is 11.6. The van der Waals surface area contributed by atoms with E-state index < -0.39 is 11.9 Å². The molecule has 0 saturated heterocycles. The topological polar surface area (TPSA) is 60.9 Å². The van der Waals surface area contributed by atoms with Gasteiger partial charge in [0.05, 0.1) is 5.39 Å². The smallest absolute Gasteiger partial charge is 0.262 e. The molecule has 0 spiro atoms. The number of thiophene rings is 1. The Morgan fingerprint density at radius 1 is 1.22 bits per heavy atom. The van der Waals surface area contributed by atoms with Crippen LogP contribution in [0.25, 0.3) is 15.9 Å². The maximum absolute atomic E-state index is 13.0. The highest BCUT2D eigenvalue weighted by molar-refractivity contribution is 7.19. The van der Waals surface area contributed by atoms with E-state index >= 15 is 0 Å². The van der Waals surface area contributed by atoms with Gasteiger partial charge in [0.15, 0.2) is 17.2 Å². The minimum atomic E-state index is -4.47. The van der Waals surface area contributed by atoms with Crippen LogP contribution in [0.1, 0.15) is 61.3 Å². The van der Waals surface area contributed by atoms with E-state index in [1.54, 1.807) is 29.1 Å². The predicted octanol–water partition coefficient (Wildman–Crippen LogP) is 5.45. The van der Waals surface area contributed by atoms with Crippen molar-refractivity contribution in [3.63, 3.8) is 0 Å². The second-order valence-electron chi connectivity index (χ2n) is 9.33. The lowest BCUT2D eigenvalue weighted by molar-refractivity contribution is -0.141. The molecule has 0 unspecified atom stereocenters. The van der Waals surface area contributed by atoms with E-state index in [0.29, 0.717) is 22.9 Å². The molecule has 4 aromatic rings. The number of nitrogens with zero attached hydrogens (tertiary/aromatic N) is 6. The lowest BCUT2D eigenvalue weighted by Crippen LogP contribution is -2.28. The van der Waals surface area contributed by atoms with Crippen LogP contribution in [0.3, 0.4) is 0 Å². The van der Waals surface area contributed by atoms with E-state index in [-0.39, 0.29) is 6.54 Å². The Morgan fingerprint density at radius 2 is 2.00 bits per heavy atom. The molecule has 0 bridgehead atoms. The lowest BCUT2D eigenvalue weighted by Gasteiger charge is -2.36. The second-order valence-corrected chi connectivity index (χ2v) is 10.4. The maximum atomic E-state index is 13.0. The van der Waals surface area contributed by atoms with Gasteiger partial charge in [-0.05, 0) is 49.1 Å². The number of aryl methyl sites for hydroxylation is 2. The highest BCUT2D eigenvalue weighted by Crippen LogP contribution is 2.44. The predicted molar refractivity (Wildman–Crippen MR) is 117 cm³/mol. The molecule has 0 aromatic carbocycles. The van der Waals surface area contributed by atoms with Gasteiger partial charge in [0.1, 0.15) is 17.7 Å². The van der Waals surface area contributed by atoms with Gasteiger partial charge in [0.2, 0.25) is 0 Å². The molecule has 0 fully saturated rings. The van der Waals surface area contributed by atoms with Crippen molar-refractivity contribution in [1.29, 1.82) is 0 Å². The highest BCUT2D eigenvalue weighted by Gasteiger charge is 2.35. The van der Waals surface area contributed by atoms with E-state index in [1.165, 1.54) is 15.1 Å². The number of alkyl halides is 3. The van der Waals surface area contributed by atoms with Gasteiger partial charge >= 0.3 is 6.18 Å². The monoisotopic (exact) mass is 462 g/mol. The molecule has 0 N–H and O–H groups in total. The Bertz CT molecular complexity index is 1310. The van der Waals surface area contributed by atoms with Crippen LogP contribution in [0.15, 0.2) is 12.4 Å². The summed E-state index contributed by atoms with van der Waals surface area (Å²) < 4.78 is 41.9. The van der Waals surface area contributed by atoms with Gasteiger partial charge in [0, 0.05) is 10.6 Å². The van der Waals surface area contributed by atoms with Crippen molar-refractivity contribution in [3.05, 3.63) is 40.0 Å². The first-order chi connectivity index (χ1) is 15.1. The molecular formula is C22H25F3N6S. The van der Waals surface area contributed by atoms with Crippen molar-refractivity contribution in [2.24, 2.45) is 11.3 Å². The molecule has 10 heteroatoms. The number of hydrogen-bond donors (Lipinski definition) is 0. The summed E-state index contributed by atoms with van der Waals surface area (Å²) >= 11 is 1.73. The Balaban J connectivity index is 1.52. The molecule has 0 amide bonds. The fourth-order valence-electron chi connectivity index (χ4n) is 4.58. The van der Waals surface area contributed by atoms with E-state index in [1.807, 2.05) is 0 Å². The molecule has 0 radical (unpaired) electrons. The average molecular weight is 463 g/mol. The standard InChI is InChI=1S/C22H25F3N6S/c1-5-21(3,4)13-6-7-14-15(9-13)32-20-18(14)19-27-17(29-31(19)11-26-20)10-30-12(2)8-16(28-30)22(23,24)25/h8,11,13H,5-7,9-10H2,1-4H3/t13-/m0/s1. The van der Waals surface area contributed by atoms with Gasteiger partial charge in [-0.25, -0.2) is 14.5 Å². The fraction of sp³-hybridized carbons (Fsp3) is 0.545. The quantitative estimate of drug-likeness (QED) is 0.405. The fourth-order valence-corrected chi connectivity index (χ4v) is 5.85. The molecule has 6 nitrogen and oxygen atoms in total. The number of fused-ring (bicyclic) bond motifs is 5. The minimum absolute atomic E-state index is 0.0736.